The fourth-order valence-electron chi connectivity index (χ4n) is 2.08. The fraction of sp³-hybridized carbons (Fsp3) is 0.0588. The molecule has 1 aromatic heterocycles. The Labute approximate surface area is 137 Å². The molecule has 3 rings (SSSR count). The molecule has 3 nitrogen and oxygen atoms in total. The first kappa shape index (κ1) is 14.9. The van der Waals surface area contributed by atoms with Crippen molar-refractivity contribution in [1.29, 1.82) is 0 Å². The summed E-state index contributed by atoms with van der Waals surface area (Å²) in [5.74, 6) is 0.134. The molecule has 3 aromatic rings. The molecule has 0 amide bonds. The number of aromatic nitrogens is 1. The SMILES string of the molecule is CC(=O)Oc1ccc(Cl)cc1Sc1cccc2cccnc12. The van der Waals surface area contributed by atoms with Gasteiger partial charge in [-0.1, -0.05) is 41.6 Å². The van der Waals surface area contributed by atoms with Crippen molar-refractivity contribution in [2.45, 2.75) is 16.7 Å². The maximum atomic E-state index is 11.2. The van der Waals surface area contributed by atoms with Gasteiger partial charge in [0.2, 0.25) is 0 Å². The molecule has 0 N–H and O–H groups in total. The van der Waals surface area contributed by atoms with Gasteiger partial charge in [0.15, 0.2) is 0 Å². The second kappa shape index (κ2) is 6.38. The second-order valence-corrected chi connectivity index (χ2v) is 6.14. The van der Waals surface area contributed by atoms with Crippen LogP contribution in [-0.2, 0) is 4.79 Å². The third kappa shape index (κ3) is 3.24. The Morgan fingerprint density at radius 1 is 1.14 bits per heavy atom. The summed E-state index contributed by atoms with van der Waals surface area (Å²) in [6.45, 7) is 1.38. The van der Waals surface area contributed by atoms with Crippen molar-refractivity contribution < 1.29 is 9.53 Å². The summed E-state index contributed by atoms with van der Waals surface area (Å²) < 4.78 is 5.25. The Morgan fingerprint density at radius 2 is 1.95 bits per heavy atom. The Morgan fingerprint density at radius 3 is 2.77 bits per heavy atom. The quantitative estimate of drug-likeness (QED) is 0.502. The number of halogens is 1. The smallest absolute Gasteiger partial charge is 0.308 e. The molecule has 0 spiro atoms. The van der Waals surface area contributed by atoms with Crippen molar-refractivity contribution in [1.82, 2.24) is 4.98 Å². The van der Waals surface area contributed by atoms with E-state index in [2.05, 4.69) is 4.98 Å². The summed E-state index contributed by atoms with van der Waals surface area (Å²) in [4.78, 5) is 17.4. The van der Waals surface area contributed by atoms with E-state index in [0.29, 0.717) is 10.8 Å². The molecule has 0 radical (unpaired) electrons. The lowest BCUT2D eigenvalue weighted by molar-refractivity contribution is -0.132. The van der Waals surface area contributed by atoms with Gasteiger partial charge >= 0.3 is 5.97 Å². The predicted molar refractivity (Wildman–Crippen MR) is 88.6 cm³/mol. The summed E-state index contributed by atoms with van der Waals surface area (Å²) in [6.07, 6.45) is 1.76. The van der Waals surface area contributed by atoms with Crippen LogP contribution in [0.3, 0.4) is 0 Å². The molecule has 0 aliphatic rings. The van der Waals surface area contributed by atoms with Crippen molar-refractivity contribution in [3.63, 3.8) is 0 Å². The van der Waals surface area contributed by atoms with Crippen molar-refractivity contribution in [2.75, 3.05) is 0 Å². The molecule has 0 aliphatic carbocycles. The molecule has 22 heavy (non-hydrogen) atoms. The van der Waals surface area contributed by atoms with Crippen LogP contribution in [0.1, 0.15) is 6.92 Å². The zero-order chi connectivity index (χ0) is 15.5. The van der Waals surface area contributed by atoms with Crippen LogP contribution in [-0.4, -0.2) is 11.0 Å². The number of rotatable bonds is 3. The summed E-state index contributed by atoms with van der Waals surface area (Å²) in [5.41, 5.74) is 0.906. The second-order valence-electron chi connectivity index (χ2n) is 4.62. The molecular weight excluding hydrogens is 318 g/mol. The third-order valence-electron chi connectivity index (χ3n) is 2.98. The molecule has 0 atom stereocenters. The minimum absolute atomic E-state index is 0.361. The molecule has 1 heterocycles. The lowest BCUT2D eigenvalue weighted by Crippen LogP contribution is -2.02. The highest BCUT2D eigenvalue weighted by atomic mass is 35.5. The first-order valence-electron chi connectivity index (χ1n) is 6.63. The van der Waals surface area contributed by atoms with Crippen LogP contribution in [0.4, 0.5) is 0 Å². The summed E-state index contributed by atoms with van der Waals surface area (Å²) in [6, 6.07) is 15.1. The van der Waals surface area contributed by atoms with Crippen LogP contribution in [0.2, 0.25) is 5.02 Å². The van der Waals surface area contributed by atoms with Gasteiger partial charge in [-0.3, -0.25) is 9.78 Å². The first-order chi connectivity index (χ1) is 10.6. The Kier molecular flexibility index (Phi) is 4.32. The number of carbonyl (C=O) groups excluding carboxylic acids is 1. The monoisotopic (exact) mass is 329 g/mol. The van der Waals surface area contributed by atoms with Gasteiger partial charge in [0, 0.05) is 28.4 Å². The summed E-state index contributed by atoms with van der Waals surface area (Å²) >= 11 is 7.54. The highest BCUT2D eigenvalue weighted by Crippen LogP contribution is 2.39. The highest BCUT2D eigenvalue weighted by Gasteiger charge is 2.11. The molecule has 110 valence electrons. The minimum Gasteiger partial charge on any atom is -0.426 e. The van der Waals surface area contributed by atoms with E-state index in [1.54, 1.807) is 24.4 Å². The number of hydrogen-bond donors (Lipinski definition) is 0. The van der Waals surface area contributed by atoms with Gasteiger partial charge in [0.05, 0.1) is 10.4 Å². The normalized spacial score (nSPS) is 10.6. The number of esters is 1. The van der Waals surface area contributed by atoms with Gasteiger partial charge in [-0.15, -0.1) is 0 Å². The van der Waals surface area contributed by atoms with Crippen LogP contribution >= 0.6 is 23.4 Å². The molecule has 0 unspecified atom stereocenters. The predicted octanol–water partition coefficient (Wildman–Crippen LogP) is 4.96. The van der Waals surface area contributed by atoms with E-state index >= 15 is 0 Å². The minimum atomic E-state index is -0.361. The molecule has 0 bridgehead atoms. The van der Waals surface area contributed by atoms with Crippen molar-refractivity contribution in [3.8, 4) is 5.75 Å². The van der Waals surface area contributed by atoms with E-state index < -0.39 is 0 Å². The van der Waals surface area contributed by atoms with E-state index in [1.165, 1.54) is 18.7 Å². The van der Waals surface area contributed by atoms with Crippen LogP contribution in [0.15, 0.2) is 64.5 Å². The Balaban J connectivity index is 2.04. The Hall–Kier alpha value is -2.04. The van der Waals surface area contributed by atoms with E-state index in [-0.39, 0.29) is 5.97 Å². The van der Waals surface area contributed by atoms with Crippen LogP contribution in [0.25, 0.3) is 10.9 Å². The largest absolute Gasteiger partial charge is 0.426 e. The van der Waals surface area contributed by atoms with Crippen LogP contribution < -0.4 is 4.74 Å². The number of para-hydroxylation sites is 1. The van der Waals surface area contributed by atoms with Gasteiger partial charge < -0.3 is 4.74 Å². The molecule has 0 aliphatic heterocycles. The topological polar surface area (TPSA) is 39.2 Å². The maximum Gasteiger partial charge on any atom is 0.308 e. The third-order valence-corrected chi connectivity index (χ3v) is 4.30. The summed E-state index contributed by atoms with van der Waals surface area (Å²) in [7, 11) is 0. The average Bonchev–Trinajstić information content (AvgIpc) is 2.50. The Bertz CT molecular complexity index is 846. The average molecular weight is 330 g/mol. The molecule has 0 saturated heterocycles. The zero-order valence-corrected chi connectivity index (χ0v) is 13.3. The lowest BCUT2D eigenvalue weighted by Gasteiger charge is -2.10. The standard InChI is InChI=1S/C17H12ClNO2S/c1-11(20)21-14-8-7-13(18)10-16(14)22-15-6-2-4-12-5-3-9-19-17(12)15/h2-10H,1H3. The molecule has 0 fully saturated rings. The number of nitrogens with zero attached hydrogens (tertiary/aromatic N) is 1. The van der Waals surface area contributed by atoms with Crippen molar-refractivity contribution >= 4 is 40.2 Å². The van der Waals surface area contributed by atoms with Crippen molar-refractivity contribution in [3.05, 3.63) is 59.8 Å². The molecule has 5 heteroatoms. The number of benzene rings is 2. The fourth-order valence-corrected chi connectivity index (χ4v) is 3.36. The van der Waals surface area contributed by atoms with Crippen LogP contribution in [0, 0.1) is 0 Å². The van der Waals surface area contributed by atoms with Crippen molar-refractivity contribution in [2.24, 2.45) is 0 Å². The number of fused-ring (bicyclic) bond motifs is 1. The lowest BCUT2D eigenvalue weighted by atomic mass is 10.2. The van der Waals surface area contributed by atoms with Gasteiger partial charge in [-0.2, -0.15) is 0 Å². The summed E-state index contributed by atoms with van der Waals surface area (Å²) in [5, 5.41) is 1.65. The number of carbonyl (C=O) groups is 1. The first-order valence-corrected chi connectivity index (χ1v) is 7.82. The molecule has 0 saturated carbocycles. The van der Waals surface area contributed by atoms with Gasteiger partial charge in [-0.25, -0.2) is 0 Å². The number of pyridine rings is 1. The van der Waals surface area contributed by atoms with E-state index in [9.17, 15) is 4.79 Å². The molecule has 2 aromatic carbocycles. The molecular formula is C17H12ClNO2S. The van der Waals surface area contributed by atoms with Gasteiger partial charge in [0.25, 0.3) is 0 Å². The van der Waals surface area contributed by atoms with E-state index in [4.69, 9.17) is 16.3 Å². The zero-order valence-electron chi connectivity index (χ0n) is 11.7. The van der Waals surface area contributed by atoms with E-state index in [1.807, 2.05) is 30.3 Å². The van der Waals surface area contributed by atoms with Gasteiger partial charge in [0.1, 0.15) is 5.75 Å². The van der Waals surface area contributed by atoms with Crippen LogP contribution in [0.5, 0.6) is 5.75 Å². The number of ether oxygens (including phenoxy) is 1. The highest BCUT2D eigenvalue weighted by molar-refractivity contribution is 7.99. The maximum absolute atomic E-state index is 11.2. The van der Waals surface area contributed by atoms with Gasteiger partial charge in [-0.05, 0) is 30.3 Å². The van der Waals surface area contributed by atoms with E-state index in [0.717, 1.165) is 20.7 Å². The number of hydrogen-bond acceptors (Lipinski definition) is 4.